The van der Waals surface area contributed by atoms with Gasteiger partial charge < -0.3 is 14.2 Å². The Kier molecular flexibility index (Phi) is 5.39. The molecule has 1 fully saturated rings. The van der Waals surface area contributed by atoms with E-state index >= 15 is 0 Å². The van der Waals surface area contributed by atoms with Crippen LogP contribution in [-0.2, 0) is 25.6 Å². The number of hydrogen-bond acceptors (Lipinski definition) is 5. The van der Waals surface area contributed by atoms with E-state index in [4.69, 9.17) is 14.2 Å². The number of carbonyl (C=O) groups is 1. The Morgan fingerprint density at radius 2 is 1.73 bits per heavy atom. The van der Waals surface area contributed by atoms with E-state index in [2.05, 4.69) is 0 Å². The van der Waals surface area contributed by atoms with Crippen LogP contribution in [0.1, 0.15) is 12.0 Å². The maximum absolute atomic E-state index is 13.0. The Labute approximate surface area is 157 Å². The van der Waals surface area contributed by atoms with E-state index in [1.165, 1.54) is 11.8 Å². The second-order valence-corrected chi connectivity index (χ2v) is 7.35. The molecule has 0 saturated carbocycles. The van der Waals surface area contributed by atoms with Crippen molar-refractivity contribution in [3.8, 4) is 0 Å². The first kappa shape index (κ1) is 17.3. The number of hydrogen-bond donors (Lipinski definition) is 0. The van der Waals surface area contributed by atoms with E-state index in [0.29, 0.717) is 30.3 Å². The van der Waals surface area contributed by atoms with Crippen molar-refractivity contribution in [2.24, 2.45) is 5.92 Å². The highest BCUT2D eigenvalue weighted by atomic mass is 32.2. The van der Waals surface area contributed by atoms with Gasteiger partial charge in [-0.3, -0.25) is 4.79 Å². The van der Waals surface area contributed by atoms with Crippen LogP contribution in [-0.4, -0.2) is 25.3 Å². The number of thioether (sulfide) groups is 1. The van der Waals surface area contributed by atoms with Gasteiger partial charge in [0, 0.05) is 4.90 Å². The average Bonchev–Trinajstić information content (AvgIpc) is 3.15. The van der Waals surface area contributed by atoms with Crippen LogP contribution in [0.2, 0.25) is 0 Å². The van der Waals surface area contributed by atoms with E-state index in [0.717, 1.165) is 10.5 Å². The van der Waals surface area contributed by atoms with E-state index in [9.17, 15) is 4.79 Å². The molecule has 4 nitrogen and oxygen atoms in total. The first-order valence-corrected chi connectivity index (χ1v) is 9.53. The lowest BCUT2D eigenvalue weighted by molar-refractivity contribution is -0.144. The number of Topliss-reactive ketones (excluding diaryl/α,β-unsaturated/α-hetero) is 1. The molecule has 2 aliphatic heterocycles. The fraction of sp³-hybridized carbons (Fsp3) is 0.286. The van der Waals surface area contributed by atoms with Crippen molar-refractivity contribution >= 4 is 17.5 Å². The molecule has 2 heterocycles. The van der Waals surface area contributed by atoms with Gasteiger partial charge in [0.25, 0.3) is 0 Å². The van der Waals surface area contributed by atoms with E-state index in [-0.39, 0.29) is 18.3 Å². The zero-order valence-electron chi connectivity index (χ0n) is 14.3. The standard InChI is InChI=1S/C21H20O4S/c22-19-17-11-12-24-21(17)25-18(14-23-13-15-7-3-1-4-8-15)20(19)26-16-9-5-2-6-10-16/h1-10,17,21H,11-14H2. The lowest BCUT2D eigenvalue weighted by Gasteiger charge is -2.28. The van der Waals surface area contributed by atoms with Gasteiger partial charge in [-0.25, -0.2) is 0 Å². The highest BCUT2D eigenvalue weighted by molar-refractivity contribution is 8.04. The zero-order valence-corrected chi connectivity index (χ0v) is 15.1. The van der Waals surface area contributed by atoms with Gasteiger partial charge in [-0.1, -0.05) is 60.3 Å². The minimum atomic E-state index is -0.474. The first-order valence-electron chi connectivity index (χ1n) is 8.71. The Hall–Kier alpha value is -2.08. The number of benzene rings is 2. The molecule has 2 atom stereocenters. The van der Waals surface area contributed by atoms with Gasteiger partial charge in [0.2, 0.25) is 6.29 Å². The van der Waals surface area contributed by atoms with Crippen LogP contribution in [0, 0.1) is 5.92 Å². The molecule has 0 radical (unpaired) electrons. The fourth-order valence-corrected chi connectivity index (χ4v) is 4.08. The third-order valence-corrected chi connectivity index (χ3v) is 5.56. The third kappa shape index (κ3) is 3.85. The molecule has 2 aliphatic rings. The predicted octanol–water partition coefficient (Wildman–Crippen LogP) is 4.17. The molecule has 0 N–H and O–H groups in total. The quantitative estimate of drug-likeness (QED) is 0.766. The normalized spacial score (nSPS) is 22.2. The summed E-state index contributed by atoms with van der Waals surface area (Å²) in [4.78, 5) is 14.6. The molecule has 0 spiro atoms. The number of ketones is 1. The number of allylic oxidation sites excluding steroid dienone is 1. The molecule has 134 valence electrons. The number of fused-ring (bicyclic) bond motifs is 1. The third-order valence-electron chi connectivity index (χ3n) is 4.42. The number of rotatable bonds is 6. The zero-order chi connectivity index (χ0) is 17.8. The second-order valence-electron chi connectivity index (χ2n) is 6.26. The number of ether oxygens (including phenoxy) is 3. The first-order chi connectivity index (χ1) is 12.8. The molecule has 0 amide bonds. The van der Waals surface area contributed by atoms with Gasteiger partial charge >= 0.3 is 0 Å². The van der Waals surface area contributed by atoms with Gasteiger partial charge in [-0.2, -0.15) is 0 Å². The Balaban J connectivity index is 1.52. The van der Waals surface area contributed by atoms with Crippen molar-refractivity contribution in [2.45, 2.75) is 24.2 Å². The van der Waals surface area contributed by atoms with Crippen LogP contribution in [0.5, 0.6) is 0 Å². The highest BCUT2D eigenvalue weighted by Crippen LogP contribution is 2.40. The summed E-state index contributed by atoms with van der Waals surface area (Å²) in [5.74, 6) is 0.466. The molecule has 4 rings (SSSR count). The monoisotopic (exact) mass is 368 g/mol. The number of carbonyl (C=O) groups excluding carboxylic acids is 1. The molecule has 1 saturated heterocycles. The van der Waals surface area contributed by atoms with Crippen LogP contribution in [0.25, 0.3) is 0 Å². The molecular weight excluding hydrogens is 348 g/mol. The lowest BCUT2D eigenvalue weighted by atomic mass is 9.99. The smallest absolute Gasteiger partial charge is 0.209 e. The minimum absolute atomic E-state index is 0.103. The maximum atomic E-state index is 13.0. The molecule has 2 aromatic carbocycles. The van der Waals surface area contributed by atoms with Crippen LogP contribution >= 0.6 is 11.8 Å². The molecule has 0 aliphatic carbocycles. The van der Waals surface area contributed by atoms with Crippen LogP contribution in [0.15, 0.2) is 76.2 Å². The van der Waals surface area contributed by atoms with E-state index in [1.807, 2.05) is 60.7 Å². The summed E-state index contributed by atoms with van der Waals surface area (Å²) in [5.41, 5.74) is 1.09. The summed E-state index contributed by atoms with van der Waals surface area (Å²) < 4.78 is 17.4. The molecule has 2 unspecified atom stereocenters. The highest BCUT2D eigenvalue weighted by Gasteiger charge is 2.43. The van der Waals surface area contributed by atoms with Crippen molar-refractivity contribution in [1.29, 1.82) is 0 Å². The molecular formula is C21H20O4S. The predicted molar refractivity (Wildman–Crippen MR) is 99.4 cm³/mol. The van der Waals surface area contributed by atoms with E-state index in [1.54, 1.807) is 0 Å². The second kappa shape index (κ2) is 8.08. The van der Waals surface area contributed by atoms with Gasteiger partial charge in [0.1, 0.15) is 12.4 Å². The Bertz CT molecular complexity index is 788. The topological polar surface area (TPSA) is 44.8 Å². The van der Waals surface area contributed by atoms with Crippen molar-refractivity contribution in [2.75, 3.05) is 13.2 Å². The van der Waals surface area contributed by atoms with Gasteiger partial charge in [-0.15, -0.1) is 0 Å². The molecule has 26 heavy (non-hydrogen) atoms. The molecule has 0 aromatic heterocycles. The van der Waals surface area contributed by atoms with Crippen LogP contribution in [0.4, 0.5) is 0 Å². The van der Waals surface area contributed by atoms with E-state index < -0.39 is 6.29 Å². The Morgan fingerprint density at radius 3 is 2.50 bits per heavy atom. The van der Waals surface area contributed by atoms with Crippen molar-refractivity contribution in [3.05, 3.63) is 76.9 Å². The fourth-order valence-electron chi connectivity index (χ4n) is 3.08. The summed E-state index contributed by atoms with van der Waals surface area (Å²) in [5, 5.41) is 0. The largest absolute Gasteiger partial charge is 0.465 e. The SMILES string of the molecule is O=C1C(Sc2ccccc2)=C(COCc2ccccc2)OC2OCCC12. The lowest BCUT2D eigenvalue weighted by Crippen LogP contribution is -2.34. The summed E-state index contributed by atoms with van der Waals surface area (Å²) in [6, 6.07) is 19.8. The summed E-state index contributed by atoms with van der Waals surface area (Å²) in [7, 11) is 0. The average molecular weight is 368 g/mol. The molecule has 5 heteroatoms. The summed E-state index contributed by atoms with van der Waals surface area (Å²) in [6.07, 6.45) is 0.235. The minimum Gasteiger partial charge on any atom is -0.465 e. The van der Waals surface area contributed by atoms with Crippen LogP contribution < -0.4 is 0 Å². The van der Waals surface area contributed by atoms with Gasteiger partial charge in [0.05, 0.1) is 24.0 Å². The molecule has 0 bridgehead atoms. The van der Waals surface area contributed by atoms with Gasteiger partial charge in [0.15, 0.2) is 5.78 Å². The summed E-state index contributed by atoms with van der Waals surface area (Å²) >= 11 is 1.45. The molecule has 2 aromatic rings. The van der Waals surface area contributed by atoms with Gasteiger partial charge in [-0.05, 0) is 24.1 Å². The Morgan fingerprint density at radius 1 is 1.00 bits per heavy atom. The van der Waals surface area contributed by atoms with Crippen molar-refractivity contribution in [3.63, 3.8) is 0 Å². The van der Waals surface area contributed by atoms with Crippen molar-refractivity contribution < 1.29 is 19.0 Å². The van der Waals surface area contributed by atoms with Crippen molar-refractivity contribution in [1.82, 2.24) is 0 Å². The van der Waals surface area contributed by atoms with Crippen LogP contribution in [0.3, 0.4) is 0 Å². The maximum Gasteiger partial charge on any atom is 0.209 e. The summed E-state index contributed by atoms with van der Waals surface area (Å²) in [6.45, 7) is 1.28.